The maximum absolute atomic E-state index is 6.00. The number of nitrogens with two attached hydrogens (primary N) is 1. The van der Waals surface area contributed by atoms with E-state index < -0.39 is 0 Å². The van der Waals surface area contributed by atoms with Crippen LogP contribution in [0, 0.1) is 5.92 Å². The van der Waals surface area contributed by atoms with Crippen LogP contribution in [0.4, 0.5) is 11.5 Å². The van der Waals surface area contributed by atoms with Crippen LogP contribution in [0.3, 0.4) is 0 Å². The molecule has 102 valence electrons. The van der Waals surface area contributed by atoms with Crippen molar-refractivity contribution in [1.82, 2.24) is 9.97 Å². The van der Waals surface area contributed by atoms with Crippen LogP contribution in [0.15, 0.2) is 0 Å². The van der Waals surface area contributed by atoms with Crippen LogP contribution in [-0.2, 0) is 6.42 Å². The van der Waals surface area contributed by atoms with Gasteiger partial charge in [0.15, 0.2) is 5.82 Å². The van der Waals surface area contributed by atoms with Gasteiger partial charge in [-0.15, -0.1) is 0 Å². The highest BCUT2D eigenvalue weighted by atomic mass is 16.5. The third kappa shape index (κ3) is 4.05. The monoisotopic (exact) mass is 252 g/mol. The molecule has 0 fully saturated rings. The predicted octanol–water partition coefficient (Wildman–Crippen LogP) is 2.48. The third-order valence-corrected chi connectivity index (χ3v) is 2.25. The van der Waals surface area contributed by atoms with Gasteiger partial charge in [0.1, 0.15) is 11.5 Å². The number of anilines is 2. The number of aromatic nitrogens is 2. The van der Waals surface area contributed by atoms with Crippen LogP contribution >= 0.6 is 0 Å². The fourth-order valence-corrected chi connectivity index (χ4v) is 1.58. The minimum Gasteiger partial charge on any atom is -0.476 e. The summed E-state index contributed by atoms with van der Waals surface area (Å²) in [4.78, 5) is 8.84. The van der Waals surface area contributed by atoms with Crippen molar-refractivity contribution >= 4 is 11.5 Å². The van der Waals surface area contributed by atoms with Crippen molar-refractivity contribution in [3.8, 4) is 5.88 Å². The Hall–Kier alpha value is -1.52. The van der Waals surface area contributed by atoms with Crippen molar-refractivity contribution in [2.75, 3.05) is 17.7 Å². The van der Waals surface area contributed by atoms with E-state index in [4.69, 9.17) is 10.5 Å². The quantitative estimate of drug-likeness (QED) is 0.813. The van der Waals surface area contributed by atoms with Gasteiger partial charge in [-0.1, -0.05) is 13.8 Å². The molecule has 1 rings (SSSR count). The highest BCUT2D eigenvalue weighted by Crippen LogP contribution is 2.27. The highest BCUT2D eigenvalue weighted by Gasteiger charge is 2.14. The predicted molar refractivity (Wildman–Crippen MR) is 74.9 cm³/mol. The van der Waals surface area contributed by atoms with Crippen LogP contribution in [0.25, 0.3) is 0 Å². The number of nitrogens with zero attached hydrogens (tertiary/aromatic N) is 2. The molecule has 0 saturated heterocycles. The van der Waals surface area contributed by atoms with E-state index in [9.17, 15) is 0 Å². The van der Waals surface area contributed by atoms with E-state index in [0.717, 1.165) is 12.2 Å². The van der Waals surface area contributed by atoms with Crippen LogP contribution < -0.4 is 15.8 Å². The summed E-state index contributed by atoms with van der Waals surface area (Å²) in [7, 11) is 0. The second kappa shape index (κ2) is 6.42. The van der Waals surface area contributed by atoms with Gasteiger partial charge >= 0.3 is 0 Å². The van der Waals surface area contributed by atoms with Gasteiger partial charge in [-0.25, -0.2) is 4.98 Å². The Bertz CT molecular complexity index is 391. The highest BCUT2D eigenvalue weighted by molar-refractivity contribution is 5.67. The first-order valence-electron chi connectivity index (χ1n) is 6.49. The summed E-state index contributed by atoms with van der Waals surface area (Å²) in [6, 6.07) is 0.267. The molecule has 0 saturated carbocycles. The van der Waals surface area contributed by atoms with E-state index in [0.29, 0.717) is 29.9 Å². The molecule has 1 heterocycles. The average Bonchev–Trinajstić information content (AvgIpc) is 2.23. The Labute approximate surface area is 109 Å². The molecule has 5 heteroatoms. The Balaban J connectivity index is 3.09. The van der Waals surface area contributed by atoms with Crippen molar-refractivity contribution in [1.29, 1.82) is 0 Å². The maximum Gasteiger partial charge on any atom is 0.242 e. The Morgan fingerprint density at radius 3 is 2.39 bits per heavy atom. The first kappa shape index (κ1) is 14.5. The fraction of sp³-hybridized carbons (Fsp3) is 0.692. The lowest BCUT2D eigenvalue weighted by Gasteiger charge is -2.16. The molecule has 0 aliphatic rings. The van der Waals surface area contributed by atoms with E-state index in [1.807, 2.05) is 20.8 Å². The zero-order chi connectivity index (χ0) is 13.7. The summed E-state index contributed by atoms with van der Waals surface area (Å²) in [5, 5.41) is 3.23. The fourth-order valence-electron chi connectivity index (χ4n) is 1.58. The maximum atomic E-state index is 6.00. The molecule has 18 heavy (non-hydrogen) atoms. The average molecular weight is 252 g/mol. The van der Waals surface area contributed by atoms with Gasteiger partial charge in [0, 0.05) is 12.5 Å². The molecule has 1 aromatic heterocycles. The number of nitrogen functional groups attached to an aromatic ring is 1. The van der Waals surface area contributed by atoms with E-state index in [2.05, 4.69) is 29.1 Å². The minimum absolute atomic E-state index is 0.267. The van der Waals surface area contributed by atoms with Crippen molar-refractivity contribution < 1.29 is 4.74 Å². The second-order valence-corrected chi connectivity index (χ2v) is 5.04. The zero-order valence-electron chi connectivity index (χ0n) is 11.9. The summed E-state index contributed by atoms with van der Waals surface area (Å²) in [6.07, 6.45) is 0.813. The first-order chi connectivity index (χ1) is 8.43. The van der Waals surface area contributed by atoms with Crippen molar-refractivity contribution in [2.45, 2.75) is 47.1 Å². The van der Waals surface area contributed by atoms with Crippen molar-refractivity contribution in [3.05, 3.63) is 5.82 Å². The van der Waals surface area contributed by atoms with Gasteiger partial charge < -0.3 is 15.8 Å². The lowest BCUT2D eigenvalue weighted by molar-refractivity contribution is 0.326. The smallest absolute Gasteiger partial charge is 0.242 e. The second-order valence-electron chi connectivity index (χ2n) is 5.04. The van der Waals surface area contributed by atoms with Gasteiger partial charge in [0.2, 0.25) is 5.88 Å². The number of hydrogen-bond acceptors (Lipinski definition) is 5. The molecule has 0 aliphatic heterocycles. The largest absolute Gasteiger partial charge is 0.476 e. The van der Waals surface area contributed by atoms with Gasteiger partial charge in [-0.2, -0.15) is 4.98 Å². The van der Waals surface area contributed by atoms with Crippen molar-refractivity contribution in [3.63, 3.8) is 0 Å². The Morgan fingerprint density at radius 1 is 1.22 bits per heavy atom. The standard InChI is InChI=1S/C13H24N4O/c1-6-18-13-11(14)12(15-9(4)5)16-10(17-13)7-8(2)3/h8-9H,6-7,14H2,1-5H3,(H,15,16,17). The summed E-state index contributed by atoms with van der Waals surface area (Å²) >= 11 is 0. The molecule has 1 aromatic rings. The molecular weight excluding hydrogens is 228 g/mol. The first-order valence-corrected chi connectivity index (χ1v) is 6.49. The number of ether oxygens (including phenoxy) is 1. The van der Waals surface area contributed by atoms with Crippen molar-refractivity contribution in [2.24, 2.45) is 5.92 Å². The van der Waals surface area contributed by atoms with Gasteiger partial charge in [-0.05, 0) is 26.7 Å². The molecular formula is C13H24N4O. The zero-order valence-corrected chi connectivity index (χ0v) is 11.9. The van der Waals surface area contributed by atoms with Gasteiger partial charge in [0.05, 0.1) is 6.61 Å². The number of nitrogens with one attached hydrogen (secondary N) is 1. The summed E-state index contributed by atoms with van der Waals surface area (Å²) < 4.78 is 5.46. The molecule has 0 spiro atoms. The molecule has 5 nitrogen and oxygen atoms in total. The molecule has 0 bridgehead atoms. The molecule has 0 aliphatic carbocycles. The topological polar surface area (TPSA) is 73.1 Å². The van der Waals surface area contributed by atoms with Crippen LogP contribution in [0.2, 0.25) is 0 Å². The lowest BCUT2D eigenvalue weighted by atomic mass is 10.1. The summed E-state index contributed by atoms with van der Waals surface area (Å²) in [5.41, 5.74) is 6.49. The Kier molecular flexibility index (Phi) is 5.19. The Morgan fingerprint density at radius 2 is 1.89 bits per heavy atom. The molecule has 0 amide bonds. The van der Waals surface area contributed by atoms with Gasteiger partial charge in [-0.3, -0.25) is 0 Å². The number of rotatable bonds is 6. The summed E-state index contributed by atoms with van der Waals surface area (Å²) in [6.45, 7) is 10.8. The van der Waals surface area contributed by atoms with Gasteiger partial charge in [0.25, 0.3) is 0 Å². The molecule has 3 N–H and O–H groups in total. The van der Waals surface area contributed by atoms with E-state index >= 15 is 0 Å². The molecule has 0 radical (unpaired) electrons. The normalized spacial score (nSPS) is 11.1. The minimum atomic E-state index is 0.267. The third-order valence-electron chi connectivity index (χ3n) is 2.25. The SMILES string of the molecule is CCOc1nc(CC(C)C)nc(NC(C)C)c1N. The van der Waals surface area contributed by atoms with Crippen LogP contribution in [-0.4, -0.2) is 22.6 Å². The molecule has 0 aromatic carbocycles. The van der Waals surface area contributed by atoms with E-state index in [-0.39, 0.29) is 6.04 Å². The van der Waals surface area contributed by atoms with Crippen LogP contribution in [0.1, 0.15) is 40.4 Å². The van der Waals surface area contributed by atoms with Crippen LogP contribution in [0.5, 0.6) is 5.88 Å². The van der Waals surface area contributed by atoms with E-state index in [1.165, 1.54) is 0 Å². The lowest BCUT2D eigenvalue weighted by Crippen LogP contribution is -2.16. The summed E-state index contributed by atoms with van der Waals surface area (Å²) in [5.74, 6) is 2.41. The molecule has 0 atom stereocenters. The molecule has 0 unspecified atom stereocenters. The van der Waals surface area contributed by atoms with E-state index in [1.54, 1.807) is 0 Å². The number of hydrogen-bond donors (Lipinski definition) is 2.